The first-order chi connectivity index (χ1) is 17.8. The average molecular weight is 471 g/mol. The molecule has 3 aromatic carbocycles. The van der Waals surface area contributed by atoms with Crippen molar-refractivity contribution in [3.8, 4) is 33.6 Å². The van der Waals surface area contributed by atoms with Crippen LogP contribution < -0.4 is 0 Å². The number of rotatable bonds is 4. The fourth-order valence-electron chi connectivity index (χ4n) is 5.87. The van der Waals surface area contributed by atoms with Crippen LogP contribution in [0.15, 0.2) is 85.2 Å². The van der Waals surface area contributed by atoms with Crippen molar-refractivity contribution in [3.63, 3.8) is 0 Å². The Hall–Kier alpha value is -3.92. The molecule has 2 heterocycles. The van der Waals surface area contributed by atoms with Gasteiger partial charge in [-0.25, -0.2) is 9.36 Å². The van der Waals surface area contributed by atoms with Gasteiger partial charge in [-0.15, -0.1) is 0 Å². The van der Waals surface area contributed by atoms with Crippen molar-refractivity contribution in [2.24, 2.45) is 0 Å². The maximum absolute atomic E-state index is 4.67. The van der Waals surface area contributed by atoms with Gasteiger partial charge in [0.25, 0.3) is 0 Å². The second-order valence-corrected chi connectivity index (χ2v) is 10.1. The van der Waals surface area contributed by atoms with E-state index in [0.29, 0.717) is 0 Å². The summed E-state index contributed by atoms with van der Waals surface area (Å²) in [5.41, 5.74) is 12.8. The van der Waals surface area contributed by atoms with Gasteiger partial charge in [-0.05, 0) is 109 Å². The molecular weight excluding hydrogens is 440 g/mol. The van der Waals surface area contributed by atoms with Crippen LogP contribution in [0.2, 0.25) is 0 Å². The molecule has 36 heavy (non-hydrogen) atoms. The van der Waals surface area contributed by atoms with Gasteiger partial charge in [-0.3, -0.25) is 0 Å². The Bertz CT molecular complexity index is 1390. The lowest BCUT2D eigenvalue weighted by atomic mass is 9.98. The molecule has 178 valence electrons. The van der Waals surface area contributed by atoms with E-state index >= 15 is 0 Å². The molecule has 0 N–H and O–H groups in total. The molecule has 0 aliphatic heterocycles. The van der Waals surface area contributed by atoms with Gasteiger partial charge < -0.3 is 0 Å². The van der Waals surface area contributed by atoms with Crippen LogP contribution in [0.25, 0.3) is 33.6 Å². The zero-order valence-corrected chi connectivity index (χ0v) is 20.5. The summed E-state index contributed by atoms with van der Waals surface area (Å²) in [6.45, 7) is 0. The summed E-state index contributed by atoms with van der Waals surface area (Å²) < 4.78 is 4.26. The summed E-state index contributed by atoms with van der Waals surface area (Å²) in [6, 6.07) is 26.5. The van der Waals surface area contributed by atoms with E-state index in [1.807, 2.05) is 0 Å². The van der Waals surface area contributed by atoms with Crippen LogP contribution in [0.1, 0.15) is 48.2 Å². The third kappa shape index (κ3) is 3.78. The Kier molecular flexibility index (Phi) is 5.31. The zero-order chi connectivity index (χ0) is 23.9. The van der Waals surface area contributed by atoms with Crippen LogP contribution in [0.5, 0.6) is 0 Å². The summed E-state index contributed by atoms with van der Waals surface area (Å²) in [6.07, 6.45) is 13.8. The lowest BCUT2D eigenvalue weighted by Crippen LogP contribution is -2.07. The summed E-state index contributed by atoms with van der Waals surface area (Å²) in [7, 11) is 0. The highest BCUT2D eigenvalue weighted by Gasteiger charge is 2.17. The number of nitrogens with zero attached hydrogens (tertiary/aromatic N) is 4. The van der Waals surface area contributed by atoms with Crippen molar-refractivity contribution in [2.75, 3.05) is 0 Å². The molecule has 0 amide bonds. The summed E-state index contributed by atoms with van der Waals surface area (Å²) in [5.74, 6) is 0. The van der Waals surface area contributed by atoms with Crippen molar-refractivity contribution in [2.45, 2.75) is 51.4 Å². The summed E-state index contributed by atoms with van der Waals surface area (Å²) >= 11 is 0. The first kappa shape index (κ1) is 21.4. The van der Waals surface area contributed by atoms with E-state index in [-0.39, 0.29) is 0 Å². The van der Waals surface area contributed by atoms with Gasteiger partial charge in [-0.2, -0.15) is 10.2 Å². The molecule has 0 unspecified atom stereocenters. The highest BCUT2D eigenvalue weighted by Crippen LogP contribution is 2.29. The minimum absolute atomic E-state index is 1.13. The van der Waals surface area contributed by atoms with Crippen LogP contribution >= 0.6 is 0 Å². The molecule has 0 spiro atoms. The van der Waals surface area contributed by atoms with E-state index in [2.05, 4.69) is 105 Å². The lowest BCUT2D eigenvalue weighted by Gasteiger charge is -2.14. The number of aromatic nitrogens is 4. The van der Waals surface area contributed by atoms with E-state index in [1.54, 1.807) is 0 Å². The van der Waals surface area contributed by atoms with E-state index in [4.69, 9.17) is 0 Å². The number of hydrogen-bond acceptors (Lipinski definition) is 2. The highest BCUT2D eigenvalue weighted by molar-refractivity contribution is 5.71. The van der Waals surface area contributed by atoms with E-state index in [1.165, 1.54) is 70.5 Å². The average Bonchev–Trinajstić information content (AvgIpc) is 3.58. The highest BCUT2D eigenvalue weighted by atomic mass is 15.3. The van der Waals surface area contributed by atoms with E-state index in [0.717, 1.165) is 37.1 Å². The third-order valence-corrected chi connectivity index (χ3v) is 7.91. The van der Waals surface area contributed by atoms with Crippen LogP contribution in [0.3, 0.4) is 0 Å². The fourth-order valence-corrected chi connectivity index (χ4v) is 5.87. The van der Waals surface area contributed by atoms with Crippen LogP contribution in [0, 0.1) is 0 Å². The number of fused-ring (bicyclic) bond motifs is 2. The lowest BCUT2D eigenvalue weighted by molar-refractivity contribution is 0.653. The van der Waals surface area contributed by atoms with Gasteiger partial charge in [0.15, 0.2) is 0 Å². The van der Waals surface area contributed by atoms with Gasteiger partial charge in [-0.1, -0.05) is 48.5 Å². The normalized spacial score (nSPS) is 14.9. The van der Waals surface area contributed by atoms with Crippen molar-refractivity contribution in [1.29, 1.82) is 0 Å². The predicted octanol–water partition coefficient (Wildman–Crippen LogP) is 7.15. The van der Waals surface area contributed by atoms with Gasteiger partial charge in [0.1, 0.15) is 0 Å². The molecule has 2 aromatic heterocycles. The number of aryl methyl sites for hydroxylation is 2. The molecular formula is C32H30N4. The van der Waals surface area contributed by atoms with Gasteiger partial charge >= 0.3 is 0 Å². The molecule has 2 aliphatic carbocycles. The Balaban J connectivity index is 1.10. The summed E-state index contributed by atoms with van der Waals surface area (Å²) in [4.78, 5) is 0. The van der Waals surface area contributed by atoms with Gasteiger partial charge in [0, 0.05) is 11.4 Å². The van der Waals surface area contributed by atoms with Crippen LogP contribution in [0.4, 0.5) is 0 Å². The minimum Gasteiger partial charge on any atom is -0.238 e. The maximum atomic E-state index is 4.67. The Morgan fingerprint density at radius 2 is 0.750 bits per heavy atom. The smallest absolute Gasteiger partial charge is 0.0649 e. The largest absolute Gasteiger partial charge is 0.238 e. The molecule has 4 heteroatoms. The van der Waals surface area contributed by atoms with Gasteiger partial charge in [0.2, 0.25) is 0 Å². The zero-order valence-electron chi connectivity index (χ0n) is 20.5. The molecule has 0 bridgehead atoms. The van der Waals surface area contributed by atoms with Crippen molar-refractivity contribution in [3.05, 3.63) is 108 Å². The number of benzene rings is 3. The van der Waals surface area contributed by atoms with Crippen LogP contribution in [-0.2, 0) is 25.7 Å². The SMILES string of the molecule is c1cc(-c2ccc(-n3ncc4c3CCCC4)cc2)ccc1-c1ccc(-n2ncc3c2CCCC3)cc1. The molecule has 5 aromatic rings. The Morgan fingerprint density at radius 1 is 0.417 bits per heavy atom. The first-order valence-corrected chi connectivity index (χ1v) is 13.3. The van der Waals surface area contributed by atoms with Crippen molar-refractivity contribution < 1.29 is 0 Å². The third-order valence-electron chi connectivity index (χ3n) is 7.91. The van der Waals surface area contributed by atoms with Gasteiger partial charge in [0.05, 0.1) is 23.8 Å². The second kappa shape index (κ2) is 8.94. The van der Waals surface area contributed by atoms with E-state index < -0.39 is 0 Å². The monoisotopic (exact) mass is 470 g/mol. The number of hydrogen-bond donors (Lipinski definition) is 0. The standard InChI is InChI=1S/C32H30N4/c1-3-7-31-27(5-1)21-33-35(31)29-17-13-25(14-18-29)23-9-11-24(12-10-23)26-15-19-30(20-16-26)36-32-8-4-2-6-28(32)22-34-36/h9-22H,1-8H2. The maximum Gasteiger partial charge on any atom is 0.0649 e. The second-order valence-electron chi connectivity index (χ2n) is 10.1. The quantitative estimate of drug-likeness (QED) is 0.280. The molecule has 0 saturated carbocycles. The Labute approximate surface area is 212 Å². The fraction of sp³-hybridized carbons (Fsp3) is 0.250. The molecule has 0 radical (unpaired) electrons. The topological polar surface area (TPSA) is 35.6 Å². The molecule has 2 aliphatic rings. The molecule has 7 rings (SSSR count). The van der Waals surface area contributed by atoms with E-state index in [9.17, 15) is 0 Å². The summed E-state index contributed by atoms with van der Waals surface area (Å²) in [5, 5.41) is 9.34. The molecule has 0 atom stereocenters. The molecule has 0 saturated heterocycles. The Morgan fingerprint density at radius 3 is 1.14 bits per heavy atom. The minimum atomic E-state index is 1.13. The van der Waals surface area contributed by atoms with Crippen LogP contribution in [-0.4, -0.2) is 19.6 Å². The molecule has 0 fully saturated rings. The first-order valence-electron chi connectivity index (χ1n) is 13.3. The predicted molar refractivity (Wildman–Crippen MR) is 145 cm³/mol. The van der Waals surface area contributed by atoms with Crippen molar-refractivity contribution >= 4 is 0 Å². The molecule has 4 nitrogen and oxygen atoms in total. The van der Waals surface area contributed by atoms with Crippen molar-refractivity contribution in [1.82, 2.24) is 19.6 Å².